The number of halogens is 2. The quantitative estimate of drug-likeness (QED) is 0.847. The highest BCUT2D eigenvalue weighted by molar-refractivity contribution is 9.10. The van der Waals surface area contributed by atoms with E-state index >= 15 is 0 Å². The van der Waals surface area contributed by atoms with E-state index in [1.807, 2.05) is 6.07 Å². The molecule has 18 heavy (non-hydrogen) atoms. The Hall–Kier alpha value is -0.980. The first-order chi connectivity index (χ1) is 8.69. The number of methoxy groups -OCH3 is 1. The van der Waals surface area contributed by atoms with Crippen LogP contribution in [0.25, 0.3) is 0 Å². The third-order valence-electron chi connectivity index (χ3n) is 1.96. The molecule has 0 saturated heterocycles. The van der Waals surface area contributed by atoms with E-state index < -0.39 is 0 Å². The lowest BCUT2D eigenvalue weighted by Gasteiger charge is -2.08. The zero-order valence-corrected chi connectivity index (χ0v) is 12.5. The molecule has 0 aliphatic heterocycles. The summed E-state index contributed by atoms with van der Waals surface area (Å²) in [7, 11) is 1.58. The maximum atomic E-state index is 5.85. The molecule has 0 unspecified atom stereocenters. The molecule has 7 heteroatoms. The molecular weight excluding hydrogens is 338 g/mol. The molecule has 2 aromatic rings. The van der Waals surface area contributed by atoms with E-state index in [2.05, 4.69) is 30.6 Å². The number of rotatable bonds is 4. The minimum atomic E-state index is 0.561. The van der Waals surface area contributed by atoms with E-state index in [1.54, 1.807) is 31.8 Å². The summed E-state index contributed by atoms with van der Waals surface area (Å²) in [5.41, 5.74) is 0.814. The monoisotopic (exact) mass is 345 g/mol. The average molecular weight is 347 g/mol. The molecule has 0 aliphatic carbocycles. The number of aromatic nitrogens is 2. The second kappa shape index (κ2) is 6.26. The summed E-state index contributed by atoms with van der Waals surface area (Å²) in [5.74, 6) is 0.561. The lowest BCUT2D eigenvalue weighted by molar-refractivity contribution is 0.387. The zero-order valence-electron chi connectivity index (χ0n) is 9.35. The molecule has 2 heterocycles. The molecule has 4 nitrogen and oxygen atoms in total. The van der Waals surface area contributed by atoms with Gasteiger partial charge in [0.15, 0.2) is 0 Å². The van der Waals surface area contributed by atoms with Crippen LogP contribution in [0.15, 0.2) is 40.1 Å². The van der Waals surface area contributed by atoms with Crippen LogP contribution in [0, 0.1) is 0 Å². The number of hydrogen-bond acceptors (Lipinski definition) is 5. The van der Waals surface area contributed by atoms with Crippen molar-refractivity contribution in [2.24, 2.45) is 0 Å². The minimum absolute atomic E-state index is 0.561. The van der Waals surface area contributed by atoms with Crippen LogP contribution in [0.3, 0.4) is 0 Å². The Labute approximate surface area is 122 Å². The zero-order chi connectivity index (χ0) is 13.0. The van der Waals surface area contributed by atoms with E-state index in [0.29, 0.717) is 10.9 Å². The molecule has 0 atom stereocenters. The largest absolute Gasteiger partial charge is 0.480 e. The van der Waals surface area contributed by atoms with Crippen LogP contribution in [-0.4, -0.2) is 17.1 Å². The van der Waals surface area contributed by atoms with Crippen molar-refractivity contribution in [3.8, 4) is 5.88 Å². The maximum absolute atomic E-state index is 5.85. The molecule has 94 valence electrons. The minimum Gasteiger partial charge on any atom is -0.480 e. The van der Waals surface area contributed by atoms with E-state index in [4.69, 9.17) is 16.3 Å². The number of ether oxygens (including phenoxy) is 1. The number of nitrogens with zero attached hydrogens (tertiary/aromatic N) is 2. The topological polar surface area (TPSA) is 47.0 Å². The highest BCUT2D eigenvalue weighted by atomic mass is 79.9. The Morgan fingerprint density at radius 2 is 2.17 bits per heavy atom. The Morgan fingerprint density at radius 1 is 1.33 bits per heavy atom. The van der Waals surface area contributed by atoms with Crippen LogP contribution in [0.4, 0.5) is 5.69 Å². The normalized spacial score (nSPS) is 10.2. The van der Waals surface area contributed by atoms with Gasteiger partial charge in [-0.2, -0.15) is 0 Å². The Kier molecular flexibility index (Phi) is 4.68. The molecular formula is C11H9BrClN3OS. The summed E-state index contributed by atoms with van der Waals surface area (Å²) < 4.78 is 9.20. The van der Waals surface area contributed by atoms with Gasteiger partial charge in [0, 0.05) is 16.9 Å². The molecule has 0 aliphatic rings. The van der Waals surface area contributed by atoms with Gasteiger partial charge in [-0.25, -0.2) is 4.98 Å². The van der Waals surface area contributed by atoms with Crippen molar-refractivity contribution >= 4 is 45.2 Å². The van der Waals surface area contributed by atoms with Gasteiger partial charge in [-0.15, -0.1) is 0 Å². The first-order valence-corrected chi connectivity index (χ1v) is 6.90. The van der Waals surface area contributed by atoms with Crippen molar-refractivity contribution in [1.82, 2.24) is 9.97 Å². The molecule has 1 N–H and O–H groups in total. The smallest absolute Gasteiger partial charge is 0.228 e. The van der Waals surface area contributed by atoms with Gasteiger partial charge in [0.05, 0.1) is 28.9 Å². The first kappa shape index (κ1) is 13.5. The summed E-state index contributed by atoms with van der Waals surface area (Å²) in [6, 6.07) is 3.71. The second-order valence-electron chi connectivity index (χ2n) is 3.26. The van der Waals surface area contributed by atoms with Crippen LogP contribution in [0.1, 0.15) is 0 Å². The first-order valence-electron chi connectivity index (χ1n) is 4.92. The molecule has 2 rings (SSSR count). The van der Waals surface area contributed by atoms with E-state index in [-0.39, 0.29) is 0 Å². The lowest BCUT2D eigenvalue weighted by Crippen LogP contribution is -1.93. The van der Waals surface area contributed by atoms with Gasteiger partial charge < -0.3 is 9.46 Å². The Bertz CT molecular complexity index is 556. The summed E-state index contributed by atoms with van der Waals surface area (Å²) in [5, 5.41) is 0.583. The van der Waals surface area contributed by atoms with E-state index in [1.165, 1.54) is 11.9 Å². The third kappa shape index (κ3) is 3.51. The van der Waals surface area contributed by atoms with Gasteiger partial charge in [0.25, 0.3) is 0 Å². The van der Waals surface area contributed by atoms with E-state index in [0.717, 1.165) is 15.1 Å². The molecule has 0 saturated carbocycles. The van der Waals surface area contributed by atoms with Crippen LogP contribution in [-0.2, 0) is 0 Å². The van der Waals surface area contributed by atoms with Gasteiger partial charge in [0.1, 0.15) is 0 Å². The summed E-state index contributed by atoms with van der Waals surface area (Å²) >= 11 is 10.6. The number of anilines is 1. The predicted octanol–water partition coefficient (Wildman–Crippen LogP) is 4.02. The molecule has 0 amide bonds. The number of hydrogen-bond donors (Lipinski definition) is 1. The van der Waals surface area contributed by atoms with E-state index in [9.17, 15) is 0 Å². The predicted molar refractivity (Wildman–Crippen MR) is 77.2 cm³/mol. The fraction of sp³-hybridized carbons (Fsp3) is 0.0909. The molecule has 0 spiro atoms. The van der Waals surface area contributed by atoms with Gasteiger partial charge in [-0.3, -0.25) is 4.98 Å². The van der Waals surface area contributed by atoms with Crippen molar-refractivity contribution in [3.05, 3.63) is 40.2 Å². The Morgan fingerprint density at radius 3 is 2.89 bits per heavy atom. The fourth-order valence-corrected chi connectivity index (χ4v) is 2.62. The molecule has 0 bridgehead atoms. The fourth-order valence-electron chi connectivity index (χ4n) is 1.22. The van der Waals surface area contributed by atoms with Gasteiger partial charge in [-0.1, -0.05) is 11.6 Å². The molecule has 2 aromatic heterocycles. The van der Waals surface area contributed by atoms with Crippen LogP contribution in [0.2, 0.25) is 5.02 Å². The highest BCUT2D eigenvalue weighted by Gasteiger charge is 2.06. The average Bonchev–Trinajstić information content (AvgIpc) is 2.37. The van der Waals surface area contributed by atoms with Gasteiger partial charge in [-0.05, 0) is 40.0 Å². The maximum Gasteiger partial charge on any atom is 0.228 e. The standard InChI is InChI=1S/C11H9BrClN3OS/c1-17-11-10(2-7(12)4-15-11)18-16-9-3-8(13)5-14-6-9/h2-6,16H,1H3. The van der Waals surface area contributed by atoms with Crippen molar-refractivity contribution in [3.63, 3.8) is 0 Å². The number of nitrogens with one attached hydrogen (secondary N) is 1. The summed E-state index contributed by atoms with van der Waals surface area (Å²) in [6.45, 7) is 0. The van der Waals surface area contributed by atoms with Crippen molar-refractivity contribution in [2.45, 2.75) is 4.90 Å². The summed E-state index contributed by atoms with van der Waals surface area (Å²) in [4.78, 5) is 9.02. The third-order valence-corrected chi connectivity index (χ3v) is 3.45. The lowest BCUT2D eigenvalue weighted by atomic mass is 10.4. The van der Waals surface area contributed by atoms with Crippen LogP contribution >= 0.6 is 39.5 Å². The summed E-state index contributed by atoms with van der Waals surface area (Å²) in [6.07, 6.45) is 4.96. The molecule has 0 fully saturated rings. The molecule has 0 radical (unpaired) electrons. The highest BCUT2D eigenvalue weighted by Crippen LogP contribution is 2.30. The van der Waals surface area contributed by atoms with Crippen LogP contribution in [0.5, 0.6) is 5.88 Å². The van der Waals surface area contributed by atoms with Gasteiger partial charge in [0.2, 0.25) is 5.88 Å². The van der Waals surface area contributed by atoms with Crippen molar-refractivity contribution < 1.29 is 4.74 Å². The van der Waals surface area contributed by atoms with Crippen molar-refractivity contribution in [2.75, 3.05) is 11.8 Å². The second-order valence-corrected chi connectivity index (χ2v) is 5.46. The van der Waals surface area contributed by atoms with Crippen molar-refractivity contribution in [1.29, 1.82) is 0 Å². The number of pyridine rings is 2. The van der Waals surface area contributed by atoms with Gasteiger partial charge >= 0.3 is 0 Å². The SMILES string of the molecule is COc1ncc(Br)cc1SNc1cncc(Cl)c1. The van der Waals surface area contributed by atoms with Crippen LogP contribution < -0.4 is 9.46 Å². The molecule has 0 aromatic carbocycles. The Balaban J connectivity index is 2.12.